The first-order chi connectivity index (χ1) is 15.0. The minimum Gasteiger partial charge on any atom is -0.497 e. The van der Waals surface area contributed by atoms with Gasteiger partial charge in [0.05, 0.1) is 13.0 Å². The molecule has 1 saturated heterocycles. The Hall–Kier alpha value is -2.27. The van der Waals surface area contributed by atoms with E-state index in [9.17, 15) is 4.79 Å². The van der Waals surface area contributed by atoms with Crippen LogP contribution in [0, 0.1) is 17.3 Å². The second-order valence-corrected chi connectivity index (χ2v) is 10.0. The van der Waals surface area contributed by atoms with E-state index in [0.29, 0.717) is 12.5 Å². The van der Waals surface area contributed by atoms with E-state index in [1.165, 1.54) is 30.2 Å². The van der Waals surface area contributed by atoms with Crippen molar-refractivity contribution in [3.63, 3.8) is 0 Å². The third-order valence-electron chi connectivity index (χ3n) is 8.09. The number of esters is 1. The van der Waals surface area contributed by atoms with Gasteiger partial charge in [-0.2, -0.15) is 0 Å². The first kappa shape index (κ1) is 20.6. The highest BCUT2D eigenvalue weighted by atomic mass is 16.6. The Bertz CT molecular complexity index is 1020. The zero-order chi connectivity index (χ0) is 21.6. The van der Waals surface area contributed by atoms with Gasteiger partial charge in [0, 0.05) is 29.6 Å². The van der Waals surface area contributed by atoms with Crippen molar-refractivity contribution >= 4 is 16.9 Å². The quantitative estimate of drug-likeness (QED) is 0.400. The van der Waals surface area contributed by atoms with E-state index in [1.807, 2.05) is 6.07 Å². The molecule has 2 heterocycles. The first-order valence-corrected chi connectivity index (χ1v) is 11.7. The largest absolute Gasteiger partial charge is 0.497 e. The normalized spacial score (nSPS) is 30.3. The lowest BCUT2D eigenvalue weighted by atomic mass is 9.59. The molecule has 1 aliphatic heterocycles. The van der Waals surface area contributed by atoms with Crippen molar-refractivity contribution < 1.29 is 14.3 Å². The molecule has 166 valence electrons. The molecular weight excluding hydrogens is 388 g/mol. The molecule has 1 saturated carbocycles. The topological polar surface area (TPSA) is 63.3 Å². The maximum absolute atomic E-state index is 12.7. The number of fused-ring (bicyclic) bond motifs is 3. The van der Waals surface area contributed by atoms with Crippen LogP contribution in [-0.4, -0.2) is 37.3 Å². The van der Waals surface area contributed by atoms with Crippen molar-refractivity contribution in [1.82, 2.24) is 10.3 Å². The molecular formula is C26H34N2O3. The van der Waals surface area contributed by atoms with Gasteiger partial charge in [-0.3, -0.25) is 4.79 Å². The van der Waals surface area contributed by atoms with E-state index in [2.05, 4.69) is 42.5 Å². The summed E-state index contributed by atoms with van der Waals surface area (Å²) >= 11 is 0. The highest BCUT2D eigenvalue weighted by molar-refractivity contribution is 5.84. The van der Waals surface area contributed by atoms with Crippen molar-refractivity contribution in [2.75, 3.05) is 20.2 Å². The molecule has 1 aromatic heterocycles. The summed E-state index contributed by atoms with van der Waals surface area (Å²) in [7, 11) is 1.70. The van der Waals surface area contributed by atoms with Crippen LogP contribution in [0.5, 0.6) is 5.75 Å². The highest BCUT2D eigenvalue weighted by Gasteiger charge is 2.52. The van der Waals surface area contributed by atoms with E-state index < -0.39 is 0 Å². The summed E-state index contributed by atoms with van der Waals surface area (Å²) in [5, 5.41) is 4.75. The summed E-state index contributed by atoms with van der Waals surface area (Å²) in [5.41, 5.74) is 5.82. The molecule has 2 aliphatic carbocycles. The Labute approximate surface area is 184 Å². The Balaban J connectivity index is 1.22. The van der Waals surface area contributed by atoms with Crippen molar-refractivity contribution in [2.24, 2.45) is 17.3 Å². The molecule has 5 heteroatoms. The van der Waals surface area contributed by atoms with Gasteiger partial charge in [0.15, 0.2) is 0 Å². The van der Waals surface area contributed by atoms with Gasteiger partial charge in [-0.05, 0) is 81.2 Å². The molecule has 1 aromatic carbocycles. The lowest BCUT2D eigenvalue weighted by Crippen LogP contribution is -2.40. The number of nitrogens with one attached hydrogen (secondary N) is 2. The number of ether oxygens (including phenoxy) is 2. The van der Waals surface area contributed by atoms with Crippen LogP contribution in [-0.2, 0) is 16.0 Å². The molecule has 0 unspecified atom stereocenters. The van der Waals surface area contributed by atoms with E-state index >= 15 is 0 Å². The number of H-pyrrole nitrogens is 1. The molecule has 5 rings (SSSR count). The second kappa shape index (κ2) is 8.01. The minimum absolute atomic E-state index is 0.000157. The smallest absolute Gasteiger partial charge is 0.310 e. The summed E-state index contributed by atoms with van der Waals surface area (Å²) in [6, 6.07) is 6.11. The standard InChI is InChI=1S/C26H34N2O3/c1-16-5-4-9-26(2)13-24-20(12-22(16)26)21(25(29)31-24)15-27-10-8-17-14-28-23-7-6-18(30-3)11-19(17)23/h6-7,11,14,20-21,24,27-28H,4-5,8-10,12-13,15H2,1-3H3/t20-,21+,24-,26-/m1/s1. The molecule has 2 N–H and O–H groups in total. The summed E-state index contributed by atoms with van der Waals surface area (Å²) < 4.78 is 11.3. The van der Waals surface area contributed by atoms with Crippen LogP contribution >= 0.6 is 0 Å². The van der Waals surface area contributed by atoms with E-state index in [-0.39, 0.29) is 23.4 Å². The highest BCUT2D eigenvalue weighted by Crippen LogP contribution is 2.54. The number of hydrogen-bond acceptors (Lipinski definition) is 4. The van der Waals surface area contributed by atoms with Crippen LogP contribution < -0.4 is 10.1 Å². The second-order valence-electron chi connectivity index (χ2n) is 10.0. The van der Waals surface area contributed by atoms with Gasteiger partial charge in [-0.25, -0.2) is 0 Å². The summed E-state index contributed by atoms with van der Waals surface area (Å²) in [4.78, 5) is 16.0. The molecule has 5 nitrogen and oxygen atoms in total. The predicted molar refractivity (Wildman–Crippen MR) is 122 cm³/mol. The van der Waals surface area contributed by atoms with Gasteiger partial charge in [0.2, 0.25) is 0 Å². The fourth-order valence-corrected chi connectivity index (χ4v) is 6.32. The van der Waals surface area contributed by atoms with Crippen LogP contribution in [0.25, 0.3) is 10.9 Å². The molecule has 2 fully saturated rings. The van der Waals surface area contributed by atoms with Crippen molar-refractivity contribution in [1.29, 1.82) is 0 Å². The number of allylic oxidation sites excluding steroid dienone is 2. The molecule has 31 heavy (non-hydrogen) atoms. The van der Waals surface area contributed by atoms with Crippen molar-refractivity contribution in [3.05, 3.63) is 41.1 Å². The van der Waals surface area contributed by atoms with Gasteiger partial charge in [-0.15, -0.1) is 0 Å². The fourth-order valence-electron chi connectivity index (χ4n) is 6.32. The van der Waals surface area contributed by atoms with Crippen molar-refractivity contribution in [2.45, 2.75) is 58.5 Å². The van der Waals surface area contributed by atoms with Crippen LogP contribution in [0.4, 0.5) is 0 Å². The zero-order valence-corrected chi connectivity index (χ0v) is 18.9. The molecule has 2 aromatic rings. The van der Waals surface area contributed by atoms with E-state index in [4.69, 9.17) is 9.47 Å². The van der Waals surface area contributed by atoms with Gasteiger partial charge in [0.1, 0.15) is 11.9 Å². The van der Waals surface area contributed by atoms with Crippen LogP contribution in [0.15, 0.2) is 35.5 Å². The maximum atomic E-state index is 12.7. The number of methoxy groups -OCH3 is 1. The van der Waals surface area contributed by atoms with Crippen molar-refractivity contribution in [3.8, 4) is 5.75 Å². The lowest BCUT2D eigenvalue weighted by Gasteiger charge is -2.45. The average Bonchev–Trinajstić information content (AvgIpc) is 3.29. The SMILES string of the molecule is COc1ccc2[nH]cc(CCNC[C@@H]3C(=O)O[C@@H]4C[C@@]5(C)CCCC(C)=C5C[C@H]34)c2c1. The molecule has 4 atom stereocenters. The Kier molecular flexibility index (Phi) is 5.33. The Morgan fingerprint density at radius 1 is 1.35 bits per heavy atom. The zero-order valence-electron chi connectivity index (χ0n) is 18.9. The minimum atomic E-state index is -0.0279. The molecule has 0 spiro atoms. The van der Waals surface area contributed by atoms with E-state index in [0.717, 1.165) is 37.1 Å². The summed E-state index contributed by atoms with van der Waals surface area (Å²) in [6.07, 6.45) is 8.84. The third-order valence-corrected chi connectivity index (χ3v) is 8.09. The van der Waals surface area contributed by atoms with Crippen LogP contribution in [0.1, 0.15) is 51.5 Å². The number of aromatic amines is 1. The fraction of sp³-hybridized carbons (Fsp3) is 0.577. The van der Waals surface area contributed by atoms with Crippen LogP contribution in [0.2, 0.25) is 0 Å². The summed E-state index contributed by atoms with van der Waals surface area (Å²) in [6.45, 7) is 6.23. The number of benzene rings is 1. The number of rotatable bonds is 6. The lowest BCUT2D eigenvalue weighted by molar-refractivity contribution is -0.145. The Morgan fingerprint density at radius 2 is 2.23 bits per heavy atom. The Morgan fingerprint density at radius 3 is 3.06 bits per heavy atom. The number of aromatic nitrogens is 1. The van der Waals surface area contributed by atoms with Crippen LogP contribution in [0.3, 0.4) is 0 Å². The number of carbonyl (C=O) groups excluding carboxylic acids is 1. The van der Waals surface area contributed by atoms with E-state index in [1.54, 1.807) is 18.3 Å². The predicted octanol–water partition coefficient (Wildman–Crippen LogP) is 4.77. The summed E-state index contributed by atoms with van der Waals surface area (Å²) in [5.74, 6) is 1.17. The van der Waals surface area contributed by atoms with Gasteiger partial charge in [0.25, 0.3) is 0 Å². The monoisotopic (exact) mass is 422 g/mol. The molecule has 0 bridgehead atoms. The first-order valence-electron chi connectivity index (χ1n) is 11.7. The molecule has 0 amide bonds. The number of hydrogen-bond donors (Lipinski definition) is 2. The van der Waals surface area contributed by atoms with Gasteiger partial charge in [-0.1, -0.05) is 18.1 Å². The third kappa shape index (κ3) is 3.67. The molecule has 3 aliphatic rings. The van der Waals surface area contributed by atoms with Gasteiger partial charge >= 0.3 is 5.97 Å². The van der Waals surface area contributed by atoms with Gasteiger partial charge < -0.3 is 19.8 Å². The maximum Gasteiger partial charge on any atom is 0.310 e. The number of carbonyl (C=O) groups is 1. The average molecular weight is 423 g/mol. The molecule has 0 radical (unpaired) electrons.